The van der Waals surface area contributed by atoms with E-state index in [1.54, 1.807) is 20.8 Å². The molecule has 14 heteroatoms. The van der Waals surface area contributed by atoms with Crippen molar-refractivity contribution in [3.63, 3.8) is 0 Å². The molecule has 3 N–H and O–H groups in total. The van der Waals surface area contributed by atoms with Gasteiger partial charge in [-0.1, -0.05) is 20.8 Å². The molecule has 0 aliphatic carbocycles. The van der Waals surface area contributed by atoms with Crippen LogP contribution in [0.3, 0.4) is 0 Å². The first-order valence-corrected chi connectivity index (χ1v) is 11.3. The van der Waals surface area contributed by atoms with E-state index in [1.807, 2.05) is 0 Å². The summed E-state index contributed by atoms with van der Waals surface area (Å²) in [5.74, 6) is -2.63. The largest absolute Gasteiger partial charge is 0.402 e. The molecule has 0 aliphatic heterocycles. The SMILES string of the molecule is CC(C)(C)[C@@H](CS(=O)(=O)NCC(F)(F)F)Nc1nc(-c2c[nH]c3ncc(F)cc23)ncc1F. The topological polar surface area (TPSA) is 113 Å². The molecular formula is C19H21F5N6O2S. The zero-order chi connectivity index (χ0) is 24.6. The number of nitrogens with zero attached hydrogens (tertiary/aromatic N) is 3. The molecule has 0 amide bonds. The lowest BCUT2D eigenvalue weighted by Gasteiger charge is -2.32. The third-order valence-corrected chi connectivity index (χ3v) is 6.07. The van der Waals surface area contributed by atoms with Gasteiger partial charge in [-0.25, -0.2) is 36.9 Å². The number of H-pyrrole nitrogens is 1. The summed E-state index contributed by atoms with van der Waals surface area (Å²) >= 11 is 0. The van der Waals surface area contributed by atoms with Crippen LogP contribution < -0.4 is 10.0 Å². The summed E-state index contributed by atoms with van der Waals surface area (Å²) in [5, 5.41) is 3.02. The van der Waals surface area contributed by atoms with Crippen molar-refractivity contribution in [1.82, 2.24) is 24.7 Å². The number of halogens is 5. The van der Waals surface area contributed by atoms with Gasteiger partial charge in [0.1, 0.15) is 18.0 Å². The highest BCUT2D eigenvalue weighted by atomic mass is 32.2. The van der Waals surface area contributed by atoms with E-state index in [0.717, 1.165) is 12.4 Å². The zero-order valence-electron chi connectivity index (χ0n) is 17.8. The van der Waals surface area contributed by atoms with Crippen molar-refractivity contribution in [3.05, 3.63) is 36.3 Å². The van der Waals surface area contributed by atoms with E-state index in [9.17, 15) is 30.4 Å². The standard InChI is InChI=1S/C19H21F5N6O2S/c1-18(2,3)14(8-33(31,32)28-9-19(22,23)24)29-17-13(21)7-27-16(30-17)12-6-26-15-11(12)4-10(20)5-25-15/h4-7,14,28H,8-9H2,1-3H3,(H,25,26)(H,27,29,30)/t14-/m1/s1. The average molecular weight is 492 g/mol. The van der Waals surface area contributed by atoms with E-state index in [0.29, 0.717) is 16.6 Å². The highest BCUT2D eigenvalue weighted by Gasteiger charge is 2.34. The van der Waals surface area contributed by atoms with Crippen LogP contribution in [0, 0.1) is 17.0 Å². The van der Waals surface area contributed by atoms with Gasteiger partial charge in [0.25, 0.3) is 0 Å². The van der Waals surface area contributed by atoms with Gasteiger partial charge in [0, 0.05) is 23.2 Å². The summed E-state index contributed by atoms with van der Waals surface area (Å²) in [5.41, 5.74) is -0.145. The zero-order valence-corrected chi connectivity index (χ0v) is 18.6. The molecule has 3 rings (SSSR count). The Morgan fingerprint density at radius 3 is 2.45 bits per heavy atom. The molecule has 0 spiro atoms. The number of hydrogen-bond donors (Lipinski definition) is 3. The highest BCUT2D eigenvalue weighted by molar-refractivity contribution is 7.89. The minimum atomic E-state index is -4.72. The van der Waals surface area contributed by atoms with Crippen LogP contribution >= 0.6 is 0 Å². The number of pyridine rings is 1. The Morgan fingerprint density at radius 1 is 1.12 bits per heavy atom. The predicted molar refractivity (Wildman–Crippen MR) is 112 cm³/mol. The molecule has 1 atom stereocenters. The maximum atomic E-state index is 14.5. The lowest BCUT2D eigenvalue weighted by molar-refractivity contribution is -0.121. The normalized spacial score (nSPS) is 13.9. The predicted octanol–water partition coefficient (Wildman–Crippen LogP) is 3.61. The quantitative estimate of drug-likeness (QED) is 0.435. The van der Waals surface area contributed by atoms with Crippen LogP contribution in [0.5, 0.6) is 0 Å². The van der Waals surface area contributed by atoms with Gasteiger partial charge >= 0.3 is 6.18 Å². The molecule has 0 unspecified atom stereocenters. The molecule has 180 valence electrons. The highest BCUT2D eigenvalue weighted by Crippen LogP contribution is 2.29. The number of rotatable bonds is 7. The Balaban J connectivity index is 1.91. The van der Waals surface area contributed by atoms with Crippen LogP contribution in [0.1, 0.15) is 20.8 Å². The second kappa shape index (κ2) is 8.82. The number of hydrogen-bond acceptors (Lipinski definition) is 6. The Hall–Kier alpha value is -2.87. The van der Waals surface area contributed by atoms with E-state index in [-0.39, 0.29) is 11.6 Å². The lowest BCUT2D eigenvalue weighted by Crippen LogP contribution is -2.45. The van der Waals surface area contributed by atoms with Crippen LogP contribution in [0.15, 0.2) is 24.7 Å². The fourth-order valence-corrected chi connectivity index (χ4v) is 4.43. The first kappa shape index (κ1) is 24.8. The van der Waals surface area contributed by atoms with Gasteiger partial charge in [-0.15, -0.1) is 0 Å². The molecule has 0 aromatic carbocycles. The summed E-state index contributed by atoms with van der Waals surface area (Å²) in [6.45, 7) is 3.19. The molecular weight excluding hydrogens is 471 g/mol. The van der Waals surface area contributed by atoms with Gasteiger partial charge in [0.2, 0.25) is 10.0 Å². The Kier molecular flexibility index (Phi) is 6.62. The van der Waals surface area contributed by atoms with Gasteiger partial charge in [0.05, 0.1) is 18.1 Å². The van der Waals surface area contributed by atoms with Crippen molar-refractivity contribution in [2.24, 2.45) is 5.41 Å². The van der Waals surface area contributed by atoms with Crippen molar-refractivity contribution in [1.29, 1.82) is 0 Å². The second-order valence-corrected chi connectivity index (χ2v) is 10.3. The molecule has 3 aromatic rings. The monoisotopic (exact) mass is 492 g/mol. The van der Waals surface area contributed by atoms with Crippen molar-refractivity contribution >= 4 is 26.9 Å². The summed E-state index contributed by atoms with van der Waals surface area (Å²) in [4.78, 5) is 14.7. The smallest absolute Gasteiger partial charge is 0.363 e. The Morgan fingerprint density at radius 2 is 1.82 bits per heavy atom. The first-order chi connectivity index (χ1) is 15.1. The minimum Gasteiger partial charge on any atom is -0.363 e. The van der Waals surface area contributed by atoms with Gasteiger partial charge in [-0.05, 0) is 11.5 Å². The number of aromatic amines is 1. The maximum Gasteiger partial charge on any atom is 0.402 e. The second-order valence-electron chi connectivity index (χ2n) is 8.42. The van der Waals surface area contributed by atoms with Crippen LogP contribution in [0.4, 0.5) is 27.8 Å². The van der Waals surface area contributed by atoms with Gasteiger partial charge in [-0.3, -0.25) is 0 Å². The molecule has 3 aromatic heterocycles. The molecule has 0 saturated carbocycles. The summed E-state index contributed by atoms with van der Waals surface area (Å²) in [6, 6.07) is 0.174. The van der Waals surface area contributed by atoms with Gasteiger partial charge in [-0.2, -0.15) is 13.2 Å². The van der Waals surface area contributed by atoms with Gasteiger partial charge in [0.15, 0.2) is 17.5 Å². The lowest BCUT2D eigenvalue weighted by atomic mass is 9.88. The van der Waals surface area contributed by atoms with E-state index >= 15 is 0 Å². The summed E-state index contributed by atoms with van der Waals surface area (Å²) in [6.07, 6.45) is -1.39. The molecule has 33 heavy (non-hydrogen) atoms. The number of nitrogens with one attached hydrogen (secondary N) is 3. The Bertz CT molecular complexity index is 1250. The van der Waals surface area contributed by atoms with Crippen LogP contribution in [-0.4, -0.2) is 52.9 Å². The fraction of sp³-hybridized carbons (Fsp3) is 0.421. The number of sulfonamides is 1. The van der Waals surface area contributed by atoms with E-state index < -0.39 is 51.6 Å². The van der Waals surface area contributed by atoms with Crippen molar-refractivity contribution < 1.29 is 30.4 Å². The molecule has 0 saturated heterocycles. The van der Waals surface area contributed by atoms with Crippen molar-refractivity contribution in [3.8, 4) is 11.4 Å². The number of anilines is 1. The van der Waals surface area contributed by atoms with Crippen LogP contribution in [-0.2, 0) is 10.0 Å². The third kappa shape index (κ3) is 6.35. The number of alkyl halides is 3. The van der Waals surface area contributed by atoms with Crippen molar-refractivity contribution in [2.45, 2.75) is 33.0 Å². The average Bonchev–Trinajstić information content (AvgIpc) is 3.09. The number of aromatic nitrogens is 4. The molecule has 0 bridgehead atoms. The van der Waals surface area contributed by atoms with Crippen LogP contribution in [0.25, 0.3) is 22.4 Å². The van der Waals surface area contributed by atoms with E-state index in [4.69, 9.17) is 0 Å². The molecule has 0 radical (unpaired) electrons. The fourth-order valence-electron chi connectivity index (χ4n) is 2.90. The van der Waals surface area contributed by atoms with E-state index in [1.165, 1.54) is 17.0 Å². The van der Waals surface area contributed by atoms with Crippen LogP contribution in [0.2, 0.25) is 0 Å². The first-order valence-electron chi connectivity index (χ1n) is 9.61. The number of fused-ring (bicyclic) bond motifs is 1. The Labute approximate surface area is 186 Å². The molecule has 3 heterocycles. The molecule has 8 nitrogen and oxygen atoms in total. The van der Waals surface area contributed by atoms with E-state index in [2.05, 4.69) is 25.3 Å². The molecule has 0 fully saturated rings. The summed E-state index contributed by atoms with van der Waals surface area (Å²) in [7, 11) is -4.37. The minimum absolute atomic E-state index is 0.00302. The molecule has 0 aliphatic rings. The van der Waals surface area contributed by atoms with Gasteiger partial charge < -0.3 is 10.3 Å². The van der Waals surface area contributed by atoms with Crippen molar-refractivity contribution in [2.75, 3.05) is 17.6 Å². The maximum absolute atomic E-state index is 14.5. The summed E-state index contributed by atoms with van der Waals surface area (Å²) < 4.78 is 91.3. The third-order valence-electron chi connectivity index (χ3n) is 4.72.